The van der Waals surface area contributed by atoms with E-state index in [1.54, 1.807) is 30.3 Å². The van der Waals surface area contributed by atoms with Crippen LogP contribution in [0.4, 0.5) is 15.9 Å². The molecule has 0 amide bonds. The van der Waals surface area contributed by atoms with Crippen LogP contribution in [-0.2, 0) is 6.61 Å². The third-order valence-corrected chi connectivity index (χ3v) is 6.30. The highest BCUT2D eigenvalue weighted by Gasteiger charge is 2.20. The first-order valence-corrected chi connectivity index (χ1v) is 11.9. The van der Waals surface area contributed by atoms with Gasteiger partial charge in [-0.3, -0.25) is 0 Å². The smallest absolute Gasteiger partial charge is 0.167 e. The van der Waals surface area contributed by atoms with E-state index in [2.05, 4.69) is 33.3 Å². The fourth-order valence-corrected chi connectivity index (χ4v) is 4.30. The zero-order valence-electron chi connectivity index (χ0n) is 19.9. The molecular formula is C28H26FN5O2. The summed E-state index contributed by atoms with van der Waals surface area (Å²) in [7, 11) is 2.12. The molecule has 0 aliphatic carbocycles. The summed E-state index contributed by atoms with van der Waals surface area (Å²) in [5.74, 6) is 0.837. The number of hydrogen-bond donors (Lipinski definition) is 1. The summed E-state index contributed by atoms with van der Waals surface area (Å²) in [6.07, 6.45) is 3.51. The normalized spacial score (nSPS) is 14.4. The Hall–Kier alpha value is -4.22. The van der Waals surface area contributed by atoms with Crippen molar-refractivity contribution in [2.45, 2.75) is 25.6 Å². The predicted molar refractivity (Wildman–Crippen MR) is 136 cm³/mol. The van der Waals surface area contributed by atoms with E-state index in [-0.39, 0.29) is 18.5 Å². The number of aromatic nitrogens is 2. The number of rotatable bonds is 7. The number of halogens is 1. The van der Waals surface area contributed by atoms with Gasteiger partial charge in [-0.25, -0.2) is 14.4 Å². The number of nitrogens with one attached hydrogen (secondary N) is 1. The Bertz CT molecular complexity index is 1410. The van der Waals surface area contributed by atoms with Crippen molar-refractivity contribution < 1.29 is 13.9 Å². The van der Waals surface area contributed by atoms with Crippen molar-refractivity contribution in [2.24, 2.45) is 0 Å². The van der Waals surface area contributed by atoms with Gasteiger partial charge in [-0.05, 0) is 50.2 Å². The lowest BCUT2D eigenvalue weighted by molar-refractivity contribution is 0.116. The lowest BCUT2D eigenvalue weighted by Crippen LogP contribution is -2.35. The molecule has 2 heterocycles. The molecule has 1 aromatic heterocycles. The number of anilines is 2. The van der Waals surface area contributed by atoms with Gasteiger partial charge in [0.2, 0.25) is 0 Å². The standard InChI is InChI=1S/C28H26FN5O2/c1-34-13-11-22(12-14-34)36-26-8-4-7-24-27(26)28(32-18-31-24)33-21-9-10-25(23(29)15-21)35-17-20-6-3-2-5-19(20)16-30/h2-10,15,18,22H,11-14,17H2,1H3,(H,31,32,33). The average molecular weight is 484 g/mol. The molecule has 1 fully saturated rings. The van der Waals surface area contributed by atoms with E-state index in [0.717, 1.165) is 36.8 Å². The van der Waals surface area contributed by atoms with Crippen molar-refractivity contribution in [1.82, 2.24) is 14.9 Å². The second-order valence-electron chi connectivity index (χ2n) is 8.82. The minimum Gasteiger partial charge on any atom is -0.489 e. The van der Waals surface area contributed by atoms with E-state index in [1.165, 1.54) is 12.4 Å². The van der Waals surface area contributed by atoms with E-state index >= 15 is 0 Å². The SMILES string of the molecule is CN1CCC(Oc2cccc3ncnc(Nc4ccc(OCc5ccccc5C#N)c(F)c4)c23)CC1. The third kappa shape index (κ3) is 5.21. The van der Waals surface area contributed by atoms with E-state index in [0.29, 0.717) is 28.4 Å². The summed E-state index contributed by atoms with van der Waals surface area (Å²) in [4.78, 5) is 11.1. The van der Waals surface area contributed by atoms with Gasteiger partial charge in [-0.15, -0.1) is 0 Å². The molecule has 0 atom stereocenters. The van der Waals surface area contributed by atoms with Gasteiger partial charge in [0.1, 0.15) is 30.6 Å². The minimum absolute atomic E-state index is 0.0988. The number of benzene rings is 3. The number of piperidine rings is 1. The van der Waals surface area contributed by atoms with Crippen molar-refractivity contribution in [3.8, 4) is 17.6 Å². The van der Waals surface area contributed by atoms with Crippen molar-refractivity contribution in [2.75, 3.05) is 25.5 Å². The zero-order chi connectivity index (χ0) is 24.9. The Morgan fingerprint density at radius 2 is 1.89 bits per heavy atom. The molecule has 3 aromatic carbocycles. The molecule has 0 radical (unpaired) electrons. The maximum absolute atomic E-state index is 14.9. The van der Waals surface area contributed by atoms with E-state index in [4.69, 9.17) is 9.47 Å². The Morgan fingerprint density at radius 3 is 2.69 bits per heavy atom. The number of likely N-dealkylation sites (tertiary alicyclic amines) is 1. The van der Waals surface area contributed by atoms with Gasteiger partial charge in [0, 0.05) is 30.4 Å². The lowest BCUT2D eigenvalue weighted by atomic mass is 10.1. The Kier molecular flexibility index (Phi) is 6.92. The first-order valence-electron chi connectivity index (χ1n) is 11.9. The Labute approximate surface area is 209 Å². The predicted octanol–water partition coefficient (Wildman–Crippen LogP) is 5.44. The van der Waals surface area contributed by atoms with Gasteiger partial charge in [0.05, 0.1) is 22.5 Å². The van der Waals surface area contributed by atoms with Crippen LogP contribution >= 0.6 is 0 Å². The summed E-state index contributed by atoms with van der Waals surface area (Å²) in [5.41, 5.74) is 2.47. The Balaban J connectivity index is 1.35. The van der Waals surface area contributed by atoms with Gasteiger partial charge in [-0.2, -0.15) is 5.26 Å². The molecule has 8 heteroatoms. The molecule has 1 aliphatic heterocycles. The summed E-state index contributed by atoms with van der Waals surface area (Å²) < 4.78 is 26.9. The van der Waals surface area contributed by atoms with Gasteiger partial charge in [-0.1, -0.05) is 24.3 Å². The van der Waals surface area contributed by atoms with Crippen LogP contribution in [0.15, 0.2) is 67.0 Å². The summed E-state index contributed by atoms with van der Waals surface area (Å²) >= 11 is 0. The molecule has 0 bridgehead atoms. The number of ether oxygens (including phenoxy) is 2. The molecule has 36 heavy (non-hydrogen) atoms. The molecule has 7 nitrogen and oxygen atoms in total. The second-order valence-corrected chi connectivity index (χ2v) is 8.82. The first-order chi connectivity index (χ1) is 17.6. The molecule has 1 N–H and O–H groups in total. The summed E-state index contributed by atoms with van der Waals surface area (Å²) in [6.45, 7) is 2.08. The maximum atomic E-state index is 14.9. The van der Waals surface area contributed by atoms with E-state index in [1.807, 2.05) is 24.3 Å². The average Bonchev–Trinajstić information content (AvgIpc) is 2.90. The molecule has 1 aliphatic rings. The highest BCUT2D eigenvalue weighted by Crippen LogP contribution is 2.34. The van der Waals surface area contributed by atoms with Gasteiger partial charge >= 0.3 is 0 Å². The highest BCUT2D eigenvalue weighted by molar-refractivity contribution is 5.95. The van der Waals surface area contributed by atoms with Crippen molar-refractivity contribution in [1.29, 1.82) is 5.26 Å². The van der Waals surface area contributed by atoms with Crippen molar-refractivity contribution in [3.05, 3.63) is 83.9 Å². The molecule has 0 unspecified atom stereocenters. The fourth-order valence-electron chi connectivity index (χ4n) is 4.30. The molecule has 1 saturated heterocycles. The van der Waals surface area contributed by atoms with Crippen LogP contribution in [0, 0.1) is 17.1 Å². The second kappa shape index (κ2) is 10.6. The number of nitrogens with zero attached hydrogens (tertiary/aromatic N) is 4. The number of hydrogen-bond acceptors (Lipinski definition) is 7. The fraction of sp³-hybridized carbons (Fsp3) is 0.250. The van der Waals surface area contributed by atoms with Crippen molar-refractivity contribution >= 4 is 22.4 Å². The summed E-state index contributed by atoms with van der Waals surface area (Å²) in [6, 6.07) is 19.6. The van der Waals surface area contributed by atoms with Crippen LogP contribution in [0.5, 0.6) is 11.5 Å². The van der Waals surface area contributed by atoms with Crippen LogP contribution in [0.25, 0.3) is 10.9 Å². The summed E-state index contributed by atoms with van der Waals surface area (Å²) in [5, 5.41) is 13.2. The molecule has 0 saturated carbocycles. The third-order valence-electron chi connectivity index (χ3n) is 6.30. The van der Waals surface area contributed by atoms with Gasteiger partial charge < -0.3 is 19.7 Å². The Morgan fingerprint density at radius 1 is 1.06 bits per heavy atom. The van der Waals surface area contributed by atoms with E-state index in [9.17, 15) is 9.65 Å². The van der Waals surface area contributed by atoms with Crippen LogP contribution in [0.2, 0.25) is 0 Å². The van der Waals surface area contributed by atoms with Crippen molar-refractivity contribution in [3.63, 3.8) is 0 Å². The molecular weight excluding hydrogens is 457 g/mol. The van der Waals surface area contributed by atoms with Crippen LogP contribution in [-0.4, -0.2) is 41.1 Å². The zero-order valence-corrected chi connectivity index (χ0v) is 19.9. The number of fused-ring (bicyclic) bond motifs is 1. The largest absolute Gasteiger partial charge is 0.489 e. The van der Waals surface area contributed by atoms with Gasteiger partial charge in [0.25, 0.3) is 0 Å². The topological polar surface area (TPSA) is 83.3 Å². The molecule has 4 aromatic rings. The quantitative estimate of drug-likeness (QED) is 0.375. The monoisotopic (exact) mass is 483 g/mol. The molecule has 0 spiro atoms. The lowest BCUT2D eigenvalue weighted by Gasteiger charge is -2.29. The minimum atomic E-state index is -0.518. The maximum Gasteiger partial charge on any atom is 0.167 e. The highest BCUT2D eigenvalue weighted by atomic mass is 19.1. The molecule has 182 valence electrons. The van der Waals surface area contributed by atoms with Gasteiger partial charge in [0.15, 0.2) is 11.6 Å². The first kappa shape index (κ1) is 23.5. The van der Waals surface area contributed by atoms with E-state index < -0.39 is 5.82 Å². The number of nitriles is 1. The van der Waals surface area contributed by atoms with Crippen LogP contribution in [0.1, 0.15) is 24.0 Å². The molecule has 5 rings (SSSR count). The van der Waals surface area contributed by atoms with Crippen LogP contribution < -0.4 is 14.8 Å². The van der Waals surface area contributed by atoms with Crippen LogP contribution in [0.3, 0.4) is 0 Å².